The van der Waals surface area contributed by atoms with Crippen molar-refractivity contribution in [3.63, 3.8) is 0 Å². The lowest BCUT2D eigenvalue weighted by Gasteiger charge is -2.13. The van der Waals surface area contributed by atoms with E-state index in [9.17, 15) is 4.79 Å². The highest BCUT2D eigenvalue weighted by molar-refractivity contribution is 5.95. The Hall–Kier alpha value is -1.38. The minimum absolute atomic E-state index is 0.0249. The van der Waals surface area contributed by atoms with E-state index < -0.39 is 0 Å². The fourth-order valence-corrected chi connectivity index (χ4v) is 2.26. The van der Waals surface area contributed by atoms with Crippen LogP contribution in [0.2, 0.25) is 0 Å². The third-order valence-corrected chi connectivity index (χ3v) is 3.16. The molecule has 0 aromatic carbocycles. The van der Waals surface area contributed by atoms with E-state index in [1.807, 2.05) is 26.0 Å². The predicted molar refractivity (Wildman–Crippen MR) is 63.4 cm³/mol. The number of hydrogen-bond donors (Lipinski definition) is 1. The number of carbonyl (C=O) groups excluding carboxylic acids is 1. The van der Waals surface area contributed by atoms with Gasteiger partial charge in [0.05, 0.1) is 11.3 Å². The molecule has 0 aliphatic heterocycles. The molecule has 3 heteroatoms. The summed E-state index contributed by atoms with van der Waals surface area (Å²) in [6.45, 7) is 3.82. The highest BCUT2D eigenvalue weighted by Gasteiger charge is 2.18. The lowest BCUT2D eigenvalue weighted by atomic mass is 10.1. The maximum atomic E-state index is 12.0. The molecule has 0 atom stereocenters. The van der Waals surface area contributed by atoms with Gasteiger partial charge in [0.1, 0.15) is 0 Å². The summed E-state index contributed by atoms with van der Waals surface area (Å²) < 4.78 is 0. The largest absolute Gasteiger partial charge is 0.349 e. The molecular weight excluding hydrogens is 200 g/mol. The summed E-state index contributed by atoms with van der Waals surface area (Å²) in [5, 5.41) is 3.08. The Bertz CT molecular complexity index is 395. The number of pyridine rings is 1. The van der Waals surface area contributed by atoms with Gasteiger partial charge in [0.15, 0.2) is 0 Å². The van der Waals surface area contributed by atoms with Gasteiger partial charge in [0, 0.05) is 11.7 Å². The highest BCUT2D eigenvalue weighted by Crippen LogP contribution is 2.18. The molecule has 16 heavy (non-hydrogen) atoms. The number of aryl methyl sites for hydroxylation is 2. The maximum Gasteiger partial charge on any atom is 0.253 e. The van der Waals surface area contributed by atoms with E-state index in [4.69, 9.17) is 0 Å². The van der Waals surface area contributed by atoms with Gasteiger partial charge in [-0.15, -0.1) is 0 Å². The second kappa shape index (κ2) is 4.64. The quantitative estimate of drug-likeness (QED) is 0.828. The van der Waals surface area contributed by atoms with Crippen molar-refractivity contribution in [3.8, 4) is 0 Å². The van der Waals surface area contributed by atoms with Crippen LogP contribution in [0.15, 0.2) is 12.1 Å². The van der Waals surface area contributed by atoms with E-state index in [0.29, 0.717) is 11.6 Å². The topological polar surface area (TPSA) is 42.0 Å². The summed E-state index contributed by atoms with van der Waals surface area (Å²) >= 11 is 0. The van der Waals surface area contributed by atoms with Gasteiger partial charge in [-0.05, 0) is 38.8 Å². The molecular formula is C13H18N2O. The minimum Gasteiger partial charge on any atom is -0.349 e. The zero-order valence-corrected chi connectivity index (χ0v) is 9.92. The van der Waals surface area contributed by atoms with Crippen LogP contribution in [0, 0.1) is 13.8 Å². The third-order valence-electron chi connectivity index (χ3n) is 3.16. The molecule has 86 valence electrons. The van der Waals surface area contributed by atoms with Gasteiger partial charge in [-0.1, -0.05) is 12.8 Å². The average molecular weight is 218 g/mol. The van der Waals surface area contributed by atoms with Crippen molar-refractivity contribution in [1.82, 2.24) is 10.3 Å². The summed E-state index contributed by atoms with van der Waals surface area (Å²) in [6, 6.07) is 4.12. The van der Waals surface area contributed by atoms with Gasteiger partial charge in [-0.2, -0.15) is 0 Å². The van der Waals surface area contributed by atoms with Crippen molar-refractivity contribution in [1.29, 1.82) is 0 Å². The fraction of sp³-hybridized carbons (Fsp3) is 0.538. The molecule has 1 aromatic heterocycles. The first-order chi connectivity index (χ1) is 7.66. The predicted octanol–water partition coefficient (Wildman–Crippen LogP) is 2.37. The molecule has 1 heterocycles. The van der Waals surface area contributed by atoms with Gasteiger partial charge in [0.2, 0.25) is 0 Å². The van der Waals surface area contributed by atoms with Crippen molar-refractivity contribution >= 4 is 5.91 Å². The van der Waals surface area contributed by atoms with E-state index in [1.54, 1.807) is 0 Å². The van der Waals surface area contributed by atoms with Gasteiger partial charge < -0.3 is 5.32 Å². The Morgan fingerprint density at radius 1 is 1.31 bits per heavy atom. The number of nitrogens with one attached hydrogen (secondary N) is 1. The van der Waals surface area contributed by atoms with Crippen molar-refractivity contribution < 1.29 is 4.79 Å². The van der Waals surface area contributed by atoms with Crippen LogP contribution >= 0.6 is 0 Å². The SMILES string of the molecule is Cc1ccc(C(=O)NC2CCCC2)c(C)n1. The van der Waals surface area contributed by atoms with Crippen molar-refractivity contribution in [2.24, 2.45) is 0 Å². The molecule has 1 aliphatic rings. The molecule has 0 spiro atoms. The van der Waals surface area contributed by atoms with E-state index in [1.165, 1.54) is 12.8 Å². The molecule has 1 aromatic rings. The van der Waals surface area contributed by atoms with Crippen molar-refractivity contribution in [2.75, 3.05) is 0 Å². The third kappa shape index (κ3) is 2.40. The van der Waals surface area contributed by atoms with Gasteiger partial charge in [-0.25, -0.2) is 0 Å². The summed E-state index contributed by atoms with van der Waals surface area (Å²) in [4.78, 5) is 16.3. The van der Waals surface area contributed by atoms with E-state index in [2.05, 4.69) is 10.3 Å². The standard InChI is InChI=1S/C13H18N2O/c1-9-7-8-12(10(2)14-9)13(16)15-11-5-3-4-6-11/h7-8,11H,3-6H2,1-2H3,(H,15,16). The first kappa shape index (κ1) is 11.1. The molecule has 1 saturated carbocycles. The van der Waals surface area contributed by atoms with Gasteiger partial charge in [-0.3, -0.25) is 9.78 Å². The summed E-state index contributed by atoms with van der Waals surface area (Å²) in [5.74, 6) is 0.0249. The first-order valence-corrected chi connectivity index (χ1v) is 5.92. The maximum absolute atomic E-state index is 12.0. The molecule has 0 saturated heterocycles. The zero-order valence-electron chi connectivity index (χ0n) is 9.92. The molecule has 1 N–H and O–H groups in total. The molecule has 1 amide bonds. The van der Waals surface area contributed by atoms with E-state index >= 15 is 0 Å². The summed E-state index contributed by atoms with van der Waals surface area (Å²) in [7, 11) is 0. The van der Waals surface area contributed by atoms with Crippen molar-refractivity contribution in [2.45, 2.75) is 45.6 Å². The van der Waals surface area contributed by atoms with Crippen LogP contribution in [0.4, 0.5) is 0 Å². The molecule has 3 nitrogen and oxygen atoms in total. The van der Waals surface area contributed by atoms with Crippen LogP contribution < -0.4 is 5.32 Å². The average Bonchev–Trinajstić information content (AvgIpc) is 2.70. The summed E-state index contributed by atoms with van der Waals surface area (Å²) in [6.07, 6.45) is 4.69. The molecule has 0 unspecified atom stereocenters. The lowest BCUT2D eigenvalue weighted by Crippen LogP contribution is -2.33. The van der Waals surface area contributed by atoms with Crippen LogP contribution in [0.25, 0.3) is 0 Å². The van der Waals surface area contributed by atoms with Crippen LogP contribution in [0.1, 0.15) is 47.4 Å². The van der Waals surface area contributed by atoms with E-state index in [0.717, 1.165) is 24.2 Å². The normalized spacial score (nSPS) is 16.4. The Morgan fingerprint density at radius 2 is 2.00 bits per heavy atom. The van der Waals surface area contributed by atoms with Crippen LogP contribution in [0.5, 0.6) is 0 Å². The number of hydrogen-bond acceptors (Lipinski definition) is 2. The minimum atomic E-state index is 0.0249. The second-order valence-corrected chi connectivity index (χ2v) is 4.54. The zero-order chi connectivity index (χ0) is 11.5. The van der Waals surface area contributed by atoms with Crippen LogP contribution in [0.3, 0.4) is 0 Å². The fourth-order valence-electron chi connectivity index (χ4n) is 2.26. The Labute approximate surface area is 96.3 Å². The number of nitrogens with zero attached hydrogens (tertiary/aromatic N) is 1. The first-order valence-electron chi connectivity index (χ1n) is 5.92. The number of carbonyl (C=O) groups is 1. The Balaban J connectivity index is 2.08. The van der Waals surface area contributed by atoms with Crippen LogP contribution in [-0.2, 0) is 0 Å². The molecule has 1 fully saturated rings. The smallest absolute Gasteiger partial charge is 0.253 e. The summed E-state index contributed by atoms with van der Waals surface area (Å²) in [5.41, 5.74) is 2.47. The number of rotatable bonds is 2. The number of amides is 1. The molecule has 0 radical (unpaired) electrons. The van der Waals surface area contributed by atoms with Crippen LogP contribution in [-0.4, -0.2) is 16.9 Å². The van der Waals surface area contributed by atoms with Gasteiger partial charge in [0.25, 0.3) is 5.91 Å². The lowest BCUT2D eigenvalue weighted by molar-refractivity contribution is 0.0937. The monoisotopic (exact) mass is 218 g/mol. The highest BCUT2D eigenvalue weighted by atomic mass is 16.1. The van der Waals surface area contributed by atoms with Crippen molar-refractivity contribution in [3.05, 3.63) is 29.1 Å². The van der Waals surface area contributed by atoms with Gasteiger partial charge >= 0.3 is 0 Å². The molecule has 2 rings (SSSR count). The Morgan fingerprint density at radius 3 is 2.62 bits per heavy atom. The van der Waals surface area contributed by atoms with E-state index in [-0.39, 0.29) is 5.91 Å². The Kier molecular flexibility index (Phi) is 3.22. The second-order valence-electron chi connectivity index (χ2n) is 4.54. The number of aromatic nitrogens is 1. The molecule has 1 aliphatic carbocycles. The molecule has 0 bridgehead atoms.